The molecule has 90 valence electrons. The Morgan fingerprint density at radius 3 is 2.27 bits per heavy atom. The lowest BCUT2D eigenvalue weighted by atomic mass is 9.98. The highest BCUT2D eigenvalue weighted by atomic mass is 32.2. The Morgan fingerprint density at radius 2 is 1.93 bits per heavy atom. The number of nitrogens with one attached hydrogen (secondary N) is 1. The molecule has 0 spiro atoms. The van der Waals surface area contributed by atoms with E-state index in [2.05, 4.69) is 4.72 Å². The molecule has 0 amide bonds. The molecule has 5 nitrogen and oxygen atoms in total. The minimum absolute atomic E-state index is 0.351. The molecule has 0 aromatic carbocycles. The summed E-state index contributed by atoms with van der Waals surface area (Å²) in [5, 5.41) is 0. The average molecular weight is 235 g/mol. The first-order valence-corrected chi connectivity index (χ1v) is 6.88. The molecule has 15 heavy (non-hydrogen) atoms. The van der Waals surface area contributed by atoms with Crippen LogP contribution in [0.25, 0.3) is 0 Å². The van der Waals surface area contributed by atoms with Crippen LogP contribution in [0.2, 0.25) is 0 Å². The van der Waals surface area contributed by atoms with Gasteiger partial charge in [0.15, 0.2) is 0 Å². The highest BCUT2D eigenvalue weighted by Gasteiger charge is 2.43. The molecule has 0 unspecified atom stereocenters. The Morgan fingerprint density at radius 1 is 1.40 bits per heavy atom. The molecule has 0 radical (unpaired) electrons. The van der Waals surface area contributed by atoms with E-state index in [0.29, 0.717) is 13.1 Å². The first-order valence-electron chi connectivity index (χ1n) is 5.44. The van der Waals surface area contributed by atoms with E-state index in [0.717, 1.165) is 25.7 Å². The molecule has 1 saturated carbocycles. The summed E-state index contributed by atoms with van der Waals surface area (Å²) >= 11 is 0. The smallest absolute Gasteiger partial charge is 0.279 e. The van der Waals surface area contributed by atoms with Gasteiger partial charge >= 0.3 is 0 Å². The summed E-state index contributed by atoms with van der Waals surface area (Å²) in [6, 6.07) is 0. The van der Waals surface area contributed by atoms with E-state index >= 15 is 0 Å². The van der Waals surface area contributed by atoms with E-state index in [-0.39, 0.29) is 5.54 Å². The summed E-state index contributed by atoms with van der Waals surface area (Å²) < 4.78 is 27.6. The second-order valence-corrected chi connectivity index (χ2v) is 5.81. The van der Waals surface area contributed by atoms with Crippen LogP contribution in [-0.4, -0.2) is 38.4 Å². The summed E-state index contributed by atoms with van der Waals surface area (Å²) in [7, 11) is -1.92. The fraction of sp³-hybridized carbons (Fsp3) is 1.00. The maximum Gasteiger partial charge on any atom is 0.279 e. The highest BCUT2D eigenvalue weighted by Crippen LogP contribution is 2.35. The minimum Gasteiger partial charge on any atom is -0.329 e. The molecule has 1 aliphatic rings. The Labute approximate surface area is 92.2 Å². The summed E-state index contributed by atoms with van der Waals surface area (Å²) in [6.07, 6.45) is 3.87. The van der Waals surface area contributed by atoms with Crippen molar-refractivity contribution >= 4 is 10.2 Å². The predicted octanol–water partition coefficient (Wildman–Crippen LogP) is 0.0440. The van der Waals surface area contributed by atoms with Gasteiger partial charge in [0.2, 0.25) is 0 Å². The number of nitrogens with two attached hydrogens (primary N) is 1. The maximum absolute atomic E-state index is 11.8. The van der Waals surface area contributed by atoms with Crippen molar-refractivity contribution in [2.45, 2.75) is 38.1 Å². The topological polar surface area (TPSA) is 75.4 Å². The van der Waals surface area contributed by atoms with Crippen molar-refractivity contribution in [1.82, 2.24) is 9.03 Å². The van der Waals surface area contributed by atoms with Crippen LogP contribution in [0.5, 0.6) is 0 Å². The van der Waals surface area contributed by atoms with Gasteiger partial charge in [-0.15, -0.1) is 0 Å². The fourth-order valence-corrected chi connectivity index (χ4v) is 3.79. The van der Waals surface area contributed by atoms with Gasteiger partial charge in [-0.2, -0.15) is 12.7 Å². The van der Waals surface area contributed by atoms with Gasteiger partial charge in [0.25, 0.3) is 10.2 Å². The second kappa shape index (κ2) is 4.78. The summed E-state index contributed by atoms with van der Waals surface area (Å²) in [5.41, 5.74) is 5.41. The van der Waals surface area contributed by atoms with Crippen molar-refractivity contribution in [3.63, 3.8) is 0 Å². The fourth-order valence-electron chi connectivity index (χ4n) is 2.46. The molecule has 1 fully saturated rings. The van der Waals surface area contributed by atoms with Gasteiger partial charge < -0.3 is 5.73 Å². The molecule has 6 heteroatoms. The van der Waals surface area contributed by atoms with Crippen molar-refractivity contribution in [2.75, 3.05) is 20.1 Å². The lowest BCUT2D eigenvalue weighted by molar-refractivity contribution is 0.203. The first-order chi connectivity index (χ1) is 7.02. The SMILES string of the molecule is CCN(C1(CN)CCCC1)S(=O)(=O)NC. The van der Waals surface area contributed by atoms with Crippen LogP contribution in [-0.2, 0) is 10.2 Å². The molecule has 0 heterocycles. The molecule has 0 aliphatic heterocycles. The highest BCUT2D eigenvalue weighted by molar-refractivity contribution is 7.87. The van der Waals surface area contributed by atoms with E-state index in [9.17, 15) is 8.42 Å². The standard InChI is InChI=1S/C9H21N3O2S/c1-3-12(15(13,14)11-2)9(8-10)6-4-5-7-9/h11H,3-8,10H2,1-2H3. The predicted molar refractivity (Wildman–Crippen MR) is 60.6 cm³/mol. The van der Waals surface area contributed by atoms with Gasteiger partial charge in [0, 0.05) is 25.7 Å². The average Bonchev–Trinajstić information content (AvgIpc) is 2.68. The van der Waals surface area contributed by atoms with E-state index in [1.165, 1.54) is 11.4 Å². The van der Waals surface area contributed by atoms with E-state index in [1.807, 2.05) is 6.92 Å². The minimum atomic E-state index is -3.36. The monoisotopic (exact) mass is 235 g/mol. The molecule has 1 rings (SSSR count). The van der Waals surface area contributed by atoms with E-state index in [4.69, 9.17) is 5.73 Å². The zero-order valence-electron chi connectivity index (χ0n) is 9.49. The summed E-state index contributed by atoms with van der Waals surface area (Å²) in [4.78, 5) is 0. The van der Waals surface area contributed by atoms with Crippen LogP contribution in [0.15, 0.2) is 0 Å². The van der Waals surface area contributed by atoms with Gasteiger partial charge in [-0.25, -0.2) is 4.72 Å². The molecule has 0 saturated heterocycles. The van der Waals surface area contributed by atoms with Crippen LogP contribution in [0, 0.1) is 0 Å². The molecule has 1 aliphatic carbocycles. The van der Waals surface area contributed by atoms with Gasteiger partial charge in [-0.05, 0) is 12.8 Å². The normalized spacial score (nSPS) is 21.1. The third-order valence-electron chi connectivity index (χ3n) is 3.28. The lowest BCUT2D eigenvalue weighted by Crippen LogP contribution is -2.57. The Balaban J connectivity index is 2.99. The quantitative estimate of drug-likeness (QED) is 0.706. The van der Waals surface area contributed by atoms with Crippen molar-refractivity contribution < 1.29 is 8.42 Å². The first kappa shape index (κ1) is 12.9. The van der Waals surface area contributed by atoms with Gasteiger partial charge in [0.05, 0.1) is 0 Å². The van der Waals surface area contributed by atoms with Crippen LogP contribution >= 0.6 is 0 Å². The van der Waals surface area contributed by atoms with Crippen LogP contribution < -0.4 is 10.5 Å². The second-order valence-electron chi connectivity index (χ2n) is 4.01. The number of nitrogens with zero attached hydrogens (tertiary/aromatic N) is 1. The lowest BCUT2D eigenvalue weighted by Gasteiger charge is -2.38. The maximum atomic E-state index is 11.8. The molecule has 0 aromatic rings. The van der Waals surface area contributed by atoms with Crippen LogP contribution in [0.1, 0.15) is 32.6 Å². The van der Waals surface area contributed by atoms with Crippen LogP contribution in [0.3, 0.4) is 0 Å². The summed E-state index contributed by atoms with van der Waals surface area (Å²) in [6.45, 7) is 2.73. The number of likely N-dealkylation sites (N-methyl/N-ethyl adjacent to an activating group) is 1. The third-order valence-corrected chi connectivity index (χ3v) is 5.02. The zero-order valence-corrected chi connectivity index (χ0v) is 10.3. The van der Waals surface area contributed by atoms with Crippen molar-refractivity contribution in [1.29, 1.82) is 0 Å². The van der Waals surface area contributed by atoms with Crippen LogP contribution in [0.4, 0.5) is 0 Å². The zero-order chi connectivity index (χ0) is 11.5. The molecular weight excluding hydrogens is 214 g/mol. The van der Waals surface area contributed by atoms with Gasteiger partial charge in [-0.3, -0.25) is 0 Å². The summed E-state index contributed by atoms with van der Waals surface area (Å²) in [5.74, 6) is 0. The van der Waals surface area contributed by atoms with Crippen molar-refractivity contribution in [2.24, 2.45) is 5.73 Å². The molecular formula is C9H21N3O2S. The number of hydrogen-bond donors (Lipinski definition) is 2. The van der Waals surface area contributed by atoms with E-state index in [1.54, 1.807) is 0 Å². The third kappa shape index (κ3) is 2.33. The molecule has 0 aromatic heterocycles. The van der Waals surface area contributed by atoms with Gasteiger partial charge in [-0.1, -0.05) is 19.8 Å². The Kier molecular flexibility index (Phi) is 4.11. The Hall–Kier alpha value is -0.170. The van der Waals surface area contributed by atoms with Crippen molar-refractivity contribution in [3.8, 4) is 0 Å². The molecule has 0 atom stereocenters. The van der Waals surface area contributed by atoms with E-state index < -0.39 is 10.2 Å². The van der Waals surface area contributed by atoms with Gasteiger partial charge in [0.1, 0.15) is 0 Å². The largest absolute Gasteiger partial charge is 0.329 e. The van der Waals surface area contributed by atoms with Crippen molar-refractivity contribution in [3.05, 3.63) is 0 Å². The Bertz CT molecular complexity index is 296. The molecule has 3 N–H and O–H groups in total. The number of rotatable bonds is 5. The number of hydrogen-bond acceptors (Lipinski definition) is 3. The molecule has 0 bridgehead atoms.